The van der Waals surface area contributed by atoms with Crippen molar-refractivity contribution in [3.8, 4) is 0 Å². The molecule has 0 aliphatic carbocycles. The number of benzene rings is 2. The molecule has 0 atom stereocenters. The fraction of sp³-hybridized carbons (Fsp3) is 0.200. The van der Waals surface area contributed by atoms with Gasteiger partial charge in [-0.25, -0.2) is 0 Å². The van der Waals surface area contributed by atoms with Crippen molar-refractivity contribution in [3.63, 3.8) is 0 Å². The number of carbonyl (C=O) groups is 2. The van der Waals surface area contributed by atoms with Crippen LogP contribution in [0.1, 0.15) is 27.2 Å². The average Bonchev–Trinajstić information content (AvgIpc) is 3.01. The van der Waals surface area contributed by atoms with Crippen LogP contribution in [0.5, 0.6) is 0 Å². The Balaban J connectivity index is 1.65. The summed E-state index contributed by atoms with van der Waals surface area (Å²) in [4.78, 5) is 24.5. The van der Waals surface area contributed by atoms with Gasteiger partial charge in [-0.05, 0) is 60.0 Å². The first kappa shape index (κ1) is 18.2. The molecule has 134 valence electrons. The predicted octanol–water partition coefficient (Wildman–Crippen LogP) is 4.49. The van der Waals surface area contributed by atoms with Crippen LogP contribution in [-0.2, 0) is 4.79 Å². The van der Waals surface area contributed by atoms with Crippen LogP contribution in [0.4, 0.5) is 5.69 Å². The first-order chi connectivity index (χ1) is 12.3. The molecule has 0 fully saturated rings. The summed E-state index contributed by atoms with van der Waals surface area (Å²) in [7, 11) is 0. The monoisotopic (exact) mass is 414 g/mol. The molecule has 2 aromatic carbocycles. The van der Waals surface area contributed by atoms with Crippen LogP contribution in [0.15, 0.2) is 45.3 Å². The predicted molar refractivity (Wildman–Crippen MR) is 106 cm³/mol. The van der Waals surface area contributed by atoms with E-state index in [1.807, 2.05) is 51.1 Å². The van der Waals surface area contributed by atoms with Gasteiger partial charge in [0.1, 0.15) is 5.58 Å². The molecular formula is C20H19BrN2O3. The Bertz CT molecular complexity index is 984. The number of nitrogens with one attached hydrogen (secondary N) is 2. The number of para-hydroxylation sites is 1. The van der Waals surface area contributed by atoms with Crippen molar-refractivity contribution >= 4 is 44.4 Å². The maximum Gasteiger partial charge on any atom is 0.287 e. The molecule has 0 unspecified atom stereocenters. The van der Waals surface area contributed by atoms with Crippen LogP contribution in [0.2, 0.25) is 0 Å². The highest BCUT2D eigenvalue weighted by Crippen LogP contribution is 2.27. The quantitative estimate of drug-likeness (QED) is 0.660. The van der Waals surface area contributed by atoms with E-state index in [-0.39, 0.29) is 18.2 Å². The standard InChI is InChI=1S/C20H19BrN2O3/c1-11-7-12(2)18(13(3)8-11)23-17(24)10-22-20(25)16-9-14-5-4-6-15(21)19(14)26-16/h4-9H,10H2,1-3H3,(H,22,25)(H,23,24). The second-order valence-electron chi connectivity index (χ2n) is 6.27. The van der Waals surface area contributed by atoms with Gasteiger partial charge in [-0.15, -0.1) is 0 Å². The minimum absolute atomic E-state index is 0.135. The summed E-state index contributed by atoms with van der Waals surface area (Å²) >= 11 is 3.39. The van der Waals surface area contributed by atoms with E-state index >= 15 is 0 Å². The Hall–Kier alpha value is -2.60. The largest absolute Gasteiger partial charge is 0.450 e. The molecule has 0 spiro atoms. The summed E-state index contributed by atoms with van der Waals surface area (Å²) in [6, 6.07) is 11.2. The molecule has 2 N–H and O–H groups in total. The maximum absolute atomic E-state index is 12.3. The van der Waals surface area contributed by atoms with Gasteiger partial charge in [0, 0.05) is 11.1 Å². The minimum atomic E-state index is -0.430. The highest BCUT2D eigenvalue weighted by atomic mass is 79.9. The summed E-state index contributed by atoms with van der Waals surface area (Å²) in [6.45, 7) is 5.77. The van der Waals surface area contributed by atoms with Crippen molar-refractivity contribution in [3.05, 3.63) is 63.3 Å². The minimum Gasteiger partial charge on any atom is -0.450 e. The van der Waals surface area contributed by atoms with Gasteiger partial charge in [0.15, 0.2) is 5.76 Å². The number of amides is 2. The molecule has 1 aromatic heterocycles. The van der Waals surface area contributed by atoms with E-state index in [4.69, 9.17) is 4.42 Å². The Kier molecular flexibility index (Phi) is 5.13. The third-order valence-electron chi connectivity index (χ3n) is 4.07. The normalized spacial score (nSPS) is 10.8. The summed E-state index contributed by atoms with van der Waals surface area (Å²) in [6.07, 6.45) is 0. The lowest BCUT2D eigenvalue weighted by molar-refractivity contribution is -0.115. The topological polar surface area (TPSA) is 71.3 Å². The van der Waals surface area contributed by atoms with Crippen molar-refractivity contribution in [2.75, 3.05) is 11.9 Å². The molecule has 0 aliphatic heterocycles. The Morgan fingerprint density at radius 3 is 2.42 bits per heavy atom. The number of anilines is 1. The number of hydrogen-bond acceptors (Lipinski definition) is 3. The SMILES string of the molecule is Cc1cc(C)c(NC(=O)CNC(=O)c2cc3cccc(Br)c3o2)c(C)c1. The number of carbonyl (C=O) groups excluding carboxylic acids is 2. The van der Waals surface area contributed by atoms with E-state index in [0.717, 1.165) is 32.2 Å². The van der Waals surface area contributed by atoms with Crippen LogP contribution in [0, 0.1) is 20.8 Å². The van der Waals surface area contributed by atoms with E-state index in [2.05, 4.69) is 26.6 Å². The molecule has 0 saturated carbocycles. The van der Waals surface area contributed by atoms with Crippen LogP contribution in [0.3, 0.4) is 0 Å². The molecule has 6 heteroatoms. The highest BCUT2D eigenvalue weighted by Gasteiger charge is 2.15. The molecule has 0 saturated heterocycles. The lowest BCUT2D eigenvalue weighted by atomic mass is 10.1. The van der Waals surface area contributed by atoms with E-state index in [0.29, 0.717) is 5.58 Å². The molecule has 1 heterocycles. The highest BCUT2D eigenvalue weighted by molar-refractivity contribution is 9.10. The lowest BCUT2D eigenvalue weighted by Gasteiger charge is -2.13. The number of aryl methyl sites for hydroxylation is 3. The van der Waals surface area contributed by atoms with E-state index in [1.165, 1.54) is 0 Å². The van der Waals surface area contributed by atoms with Gasteiger partial charge < -0.3 is 15.1 Å². The van der Waals surface area contributed by atoms with Gasteiger partial charge in [-0.2, -0.15) is 0 Å². The summed E-state index contributed by atoms with van der Waals surface area (Å²) in [5, 5.41) is 6.27. The number of rotatable bonds is 4. The van der Waals surface area contributed by atoms with Crippen LogP contribution < -0.4 is 10.6 Å². The van der Waals surface area contributed by atoms with Crippen molar-refractivity contribution in [2.24, 2.45) is 0 Å². The molecule has 2 amide bonds. The zero-order valence-electron chi connectivity index (χ0n) is 14.8. The lowest BCUT2D eigenvalue weighted by Crippen LogP contribution is -2.33. The van der Waals surface area contributed by atoms with Gasteiger partial charge in [-0.1, -0.05) is 29.8 Å². The average molecular weight is 415 g/mol. The fourth-order valence-corrected chi connectivity index (χ4v) is 3.41. The van der Waals surface area contributed by atoms with Gasteiger partial charge in [-0.3, -0.25) is 9.59 Å². The van der Waals surface area contributed by atoms with Crippen molar-refractivity contribution in [1.82, 2.24) is 5.32 Å². The van der Waals surface area contributed by atoms with Gasteiger partial charge in [0.05, 0.1) is 11.0 Å². The number of hydrogen-bond donors (Lipinski definition) is 2. The van der Waals surface area contributed by atoms with Crippen molar-refractivity contribution in [1.29, 1.82) is 0 Å². The molecular weight excluding hydrogens is 396 g/mol. The zero-order chi connectivity index (χ0) is 18.8. The first-order valence-corrected chi connectivity index (χ1v) is 8.98. The Morgan fingerprint density at radius 1 is 1.08 bits per heavy atom. The molecule has 5 nitrogen and oxygen atoms in total. The van der Waals surface area contributed by atoms with Crippen molar-refractivity contribution < 1.29 is 14.0 Å². The maximum atomic E-state index is 12.3. The molecule has 26 heavy (non-hydrogen) atoms. The van der Waals surface area contributed by atoms with Crippen molar-refractivity contribution in [2.45, 2.75) is 20.8 Å². The second kappa shape index (κ2) is 7.33. The van der Waals surface area contributed by atoms with Crippen LogP contribution in [0.25, 0.3) is 11.0 Å². The van der Waals surface area contributed by atoms with Crippen LogP contribution in [-0.4, -0.2) is 18.4 Å². The smallest absolute Gasteiger partial charge is 0.287 e. The molecule has 3 aromatic rings. The van der Waals surface area contributed by atoms with Crippen LogP contribution >= 0.6 is 15.9 Å². The number of furan rings is 1. The Labute approximate surface area is 159 Å². The van der Waals surface area contributed by atoms with E-state index in [1.54, 1.807) is 6.07 Å². The molecule has 3 rings (SSSR count). The summed E-state index contributed by atoms with van der Waals surface area (Å²) < 4.78 is 6.35. The number of halogens is 1. The fourth-order valence-electron chi connectivity index (χ4n) is 2.95. The third kappa shape index (κ3) is 3.80. The second-order valence-corrected chi connectivity index (χ2v) is 7.13. The summed E-state index contributed by atoms with van der Waals surface area (Å²) in [5.74, 6) is -0.548. The van der Waals surface area contributed by atoms with Gasteiger partial charge in [0.25, 0.3) is 5.91 Å². The van der Waals surface area contributed by atoms with E-state index in [9.17, 15) is 9.59 Å². The van der Waals surface area contributed by atoms with Gasteiger partial charge in [0.2, 0.25) is 5.91 Å². The van der Waals surface area contributed by atoms with Gasteiger partial charge >= 0.3 is 0 Å². The van der Waals surface area contributed by atoms with E-state index < -0.39 is 5.91 Å². The Morgan fingerprint density at radius 2 is 1.77 bits per heavy atom. The summed E-state index contributed by atoms with van der Waals surface area (Å²) in [5.41, 5.74) is 4.51. The molecule has 0 aliphatic rings. The molecule has 0 radical (unpaired) electrons. The molecule has 0 bridgehead atoms. The zero-order valence-corrected chi connectivity index (χ0v) is 16.4. The number of fused-ring (bicyclic) bond motifs is 1. The third-order valence-corrected chi connectivity index (χ3v) is 4.70. The first-order valence-electron chi connectivity index (χ1n) is 8.19.